The molecule has 21 heavy (non-hydrogen) atoms. The van der Waals surface area contributed by atoms with Gasteiger partial charge in [0.2, 0.25) is 0 Å². The van der Waals surface area contributed by atoms with Gasteiger partial charge >= 0.3 is 0 Å². The fourth-order valence-corrected chi connectivity index (χ4v) is 2.79. The van der Waals surface area contributed by atoms with Crippen molar-refractivity contribution in [3.63, 3.8) is 0 Å². The highest BCUT2D eigenvalue weighted by Crippen LogP contribution is 2.40. The molecular formula is C20H31N. The molecule has 0 bridgehead atoms. The molecule has 0 aromatic rings. The van der Waals surface area contributed by atoms with Crippen molar-refractivity contribution in [2.45, 2.75) is 60.8 Å². The van der Waals surface area contributed by atoms with E-state index in [4.69, 9.17) is 5.73 Å². The average Bonchev–Trinajstić information content (AvgIpc) is 2.42. The van der Waals surface area contributed by atoms with Crippen LogP contribution in [0.15, 0.2) is 58.4 Å². The second-order valence-electron chi connectivity index (χ2n) is 6.87. The molecule has 0 amide bonds. The monoisotopic (exact) mass is 285 g/mol. The van der Waals surface area contributed by atoms with Gasteiger partial charge in [-0.05, 0) is 80.9 Å². The van der Waals surface area contributed by atoms with Crippen LogP contribution in [-0.4, -0.2) is 0 Å². The van der Waals surface area contributed by atoms with Gasteiger partial charge in [0, 0.05) is 0 Å². The lowest BCUT2D eigenvalue weighted by Gasteiger charge is -2.33. The third kappa shape index (κ3) is 5.08. The third-order valence-corrected chi connectivity index (χ3v) is 4.52. The van der Waals surface area contributed by atoms with E-state index in [1.807, 2.05) is 6.92 Å². The van der Waals surface area contributed by atoms with E-state index >= 15 is 0 Å². The van der Waals surface area contributed by atoms with Crippen LogP contribution in [0.2, 0.25) is 0 Å². The highest BCUT2D eigenvalue weighted by atomic mass is 14.5. The van der Waals surface area contributed by atoms with Gasteiger partial charge < -0.3 is 5.73 Å². The van der Waals surface area contributed by atoms with Crippen LogP contribution in [0, 0.1) is 5.41 Å². The average molecular weight is 285 g/mol. The molecule has 0 saturated carbocycles. The molecule has 0 aliphatic heterocycles. The van der Waals surface area contributed by atoms with E-state index < -0.39 is 0 Å². The summed E-state index contributed by atoms with van der Waals surface area (Å²) in [5, 5.41) is 0. The van der Waals surface area contributed by atoms with Crippen LogP contribution >= 0.6 is 0 Å². The summed E-state index contributed by atoms with van der Waals surface area (Å²) in [7, 11) is 0. The van der Waals surface area contributed by atoms with Crippen LogP contribution in [-0.2, 0) is 0 Å². The molecule has 2 N–H and O–H groups in total. The third-order valence-electron chi connectivity index (χ3n) is 4.52. The van der Waals surface area contributed by atoms with E-state index in [0.29, 0.717) is 5.41 Å². The molecule has 116 valence electrons. The highest BCUT2D eigenvalue weighted by molar-refractivity contribution is 5.39. The quantitative estimate of drug-likeness (QED) is 0.647. The largest absolute Gasteiger partial charge is 0.404 e. The Hall–Kier alpha value is -1.50. The van der Waals surface area contributed by atoms with E-state index in [0.717, 1.165) is 5.57 Å². The van der Waals surface area contributed by atoms with Gasteiger partial charge in [0.15, 0.2) is 0 Å². The Morgan fingerprint density at radius 3 is 2.24 bits per heavy atom. The van der Waals surface area contributed by atoms with Crippen molar-refractivity contribution >= 4 is 0 Å². The van der Waals surface area contributed by atoms with E-state index in [9.17, 15) is 0 Å². The van der Waals surface area contributed by atoms with Crippen molar-refractivity contribution in [1.82, 2.24) is 0 Å². The van der Waals surface area contributed by atoms with Gasteiger partial charge in [-0.1, -0.05) is 43.7 Å². The highest BCUT2D eigenvalue weighted by Gasteiger charge is 2.26. The Bertz CT molecular complexity index is 522. The Balaban J connectivity index is 2.95. The molecule has 0 saturated heterocycles. The lowest BCUT2D eigenvalue weighted by Crippen LogP contribution is -2.19. The maximum Gasteiger partial charge on any atom is -0.00325 e. The summed E-state index contributed by atoms with van der Waals surface area (Å²) in [4.78, 5) is 0. The maximum atomic E-state index is 5.49. The number of hydrogen-bond acceptors (Lipinski definition) is 1. The lowest BCUT2D eigenvalue weighted by atomic mass is 9.72. The predicted molar refractivity (Wildman–Crippen MR) is 94.9 cm³/mol. The fraction of sp³-hybridized carbons (Fsp3) is 0.500. The van der Waals surface area contributed by atoms with Gasteiger partial charge in [0.1, 0.15) is 0 Å². The van der Waals surface area contributed by atoms with Crippen molar-refractivity contribution < 1.29 is 0 Å². The van der Waals surface area contributed by atoms with Crippen LogP contribution in [0.1, 0.15) is 60.8 Å². The Morgan fingerprint density at radius 2 is 1.67 bits per heavy atom. The molecule has 1 rings (SSSR count). The molecule has 0 unspecified atom stereocenters. The Morgan fingerprint density at radius 1 is 1.05 bits per heavy atom. The second-order valence-corrected chi connectivity index (χ2v) is 6.87. The molecule has 0 aromatic carbocycles. The van der Waals surface area contributed by atoms with Crippen molar-refractivity contribution in [3.05, 3.63) is 58.4 Å². The van der Waals surface area contributed by atoms with E-state index in [1.54, 1.807) is 11.8 Å². The molecular weight excluding hydrogens is 254 g/mol. The molecule has 1 heteroatoms. The molecule has 0 spiro atoms. The normalized spacial score (nSPS) is 21.3. The minimum Gasteiger partial charge on any atom is -0.404 e. The second kappa shape index (κ2) is 7.49. The van der Waals surface area contributed by atoms with Crippen LogP contribution in [0.5, 0.6) is 0 Å². The first-order valence-electron chi connectivity index (χ1n) is 7.90. The number of nitrogens with two attached hydrogens (primary N) is 1. The number of allylic oxidation sites excluding steroid dienone is 9. The summed E-state index contributed by atoms with van der Waals surface area (Å²) in [6, 6.07) is 0. The summed E-state index contributed by atoms with van der Waals surface area (Å²) in [5.74, 6) is 0. The van der Waals surface area contributed by atoms with E-state index in [1.165, 1.54) is 36.0 Å². The van der Waals surface area contributed by atoms with Gasteiger partial charge in [0.25, 0.3) is 0 Å². The van der Waals surface area contributed by atoms with Crippen LogP contribution in [0.25, 0.3) is 0 Å². The topological polar surface area (TPSA) is 26.0 Å². The molecule has 0 atom stereocenters. The van der Waals surface area contributed by atoms with Gasteiger partial charge in [-0.25, -0.2) is 0 Å². The first-order valence-corrected chi connectivity index (χ1v) is 7.90. The summed E-state index contributed by atoms with van der Waals surface area (Å²) >= 11 is 0. The molecule has 0 fully saturated rings. The number of rotatable bonds is 4. The molecule has 1 nitrogen and oxygen atoms in total. The summed E-state index contributed by atoms with van der Waals surface area (Å²) in [6.45, 7) is 13.3. The summed E-state index contributed by atoms with van der Waals surface area (Å²) in [6.07, 6.45) is 14.2. The van der Waals surface area contributed by atoms with Crippen LogP contribution < -0.4 is 5.73 Å². The zero-order valence-electron chi connectivity index (χ0n) is 14.6. The maximum absolute atomic E-state index is 5.49. The van der Waals surface area contributed by atoms with Crippen molar-refractivity contribution in [2.24, 2.45) is 11.1 Å². The van der Waals surface area contributed by atoms with Crippen molar-refractivity contribution in [3.8, 4) is 0 Å². The van der Waals surface area contributed by atoms with Gasteiger partial charge in [-0.15, -0.1) is 0 Å². The van der Waals surface area contributed by atoms with Crippen molar-refractivity contribution in [1.29, 1.82) is 0 Å². The summed E-state index contributed by atoms with van der Waals surface area (Å²) < 4.78 is 0. The SMILES string of the molecule is CC1=C(/C=C/C(C)=C(C)\C=C\C(C)=C\N)C(C)(C)CCC1. The van der Waals surface area contributed by atoms with E-state index in [-0.39, 0.29) is 0 Å². The predicted octanol–water partition coefficient (Wildman–Crippen LogP) is 5.82. The van der Waals surface area contributed by atoms with Gasteiger partial charge in [-0.2, -0.15) is 0 Å². The first kappa shape index (κ1) is 17.6. The first-order chi connectivity index (χ1) is 9.77. The minimum absolute atomic E-state index is 0.307. The fourth-order valence-electron chi connectivity index (χ4n) is 2.79. The number of hydrogen-bond donors (Lipinski definition) is 1. The molecule has 1 aliphatic rings. The Labute approximate surface area is 131 Å². The van der Waals surface area contributed by atoms with Crippen LogP contribution in [0.4, 0.5) is 0 Å². The van der Waals surface area contributed by atoms with Gasteiger partial charge in [-0.3, -0.25) is 0 Å². The molecule has 0 heterocycles. The van der Waals surface area contributed by atoms with Crippen LogP contribution in [0.3, 0.4) is 0 Å². The Kier molecular flexibility index (Phi) is 6.26. The van der Waals surface area contributed by atoms with Gasteiger partial charge in [0.05, 0.1) is 0 Å². The lowest BCUT2D eigenvalue weighted by molar-refractivity contribution is 0.377. The molecule has 0 radical (unpaired) electrons. The minimum atomic E-state index is 0.307. The standard InChI is InChI=1S/C20H31N/c1-15(14-21)9-10-16(2)17(3)11-12-19-18(4)8-7-13-20(19,5)6/h9-12,14H,7-8,13,21H2,1-6H3/b10-9+,12-11+,15-14+,17-16-. The zero-order valence-corrected chi connectivity index (χ0v) is 14.6. The molecule has 1 aliphatic carbocycles. The van der Waals surface area contributed by atoms with E-state index in [2.05, 4.69) is 58.9 Å². The smallest absolute Gasteiger partial charge is 0.00325 e. The zero-order chi connectivity index (χ0) is 16.0. The van der Waals surface area contributed by atoms with Crippen molar-refractivity contribution in [2.75, 3.05) is 0 Å². The molecule has 0 aromatic heterocycles. The summed E-state index contributed by atoms with van der Waals surface area (Å²) in [5.41, 5.74) is 12.5.